The van der Waals surface area contributed by atoms with Gasteiger partial charge in [-0.05, 0) is 38.9 Å². The summed E-state index contributed by atoms with van der Waals surface area (Å²) in [4.78, 5) is 6.86. The van der Waals surface area contributed by atoms with Crippen molar-refractivity contribution in [3.63, 3.8) is 0 Å². The maximum Gasteiger partial charge on any atom is 0.129 e. The highest BCUT2D eigenvalue weighted by Crippen LogP contribution is 2.25. The summed E-state index contributed by atoms with van der Waals surface area (Å²) in [5, 5.41) is 3.98. The normalized spacial score (nSPS) is 11.7. The Kier molecular flexibility index (Phi) is 5.42. The molecule has 0 bridgehead atoms. The third kappa shape index (κ3) is 3.59. The fraction of sp³-hybridized carbons (Fsp3) is 0.643. The number of aromatic nitrogens is 1. The lowest BCUT2D eigenvalue weighted by atomic mass is 10.00. The van der Waals surface area contributed by atoms with Crippen molar-refractivity contribution in [1.29, 1.82) is 0 Å². The lowest BCUT2D eigenvalue weighted by Gasteiger charge is -2.36. The molecular formula is C14H24ClN3. The molecule has 0 spiro atoms. The van der Waals surface area contributed by atoms with E-state index in [4.69, 9.17) is 11.6 Å². The van der Waals surface area contributed by atoms with Crippen LogP contribution in [-0.2, 0) is 6.54 Å². The number of halogens is 1. The average molecular weight is 270 g/mol. The molecule has 4 heteroatoms. The molecule has 0 aliphatic heterocycles. The van der Waals surface area contributed by atoms with Crippen molar-refractivity contribution in [2.75, 3.05) is 18.5 Å². The van der Waals surface area contributed by atoms with E-state index in [0.717, 1.165) is 29.5 Å². The van der Waals surface area contributed by atoms with Crippen LogP contribution in [-0.4, -0.2) is 24.1 Å². The standard InChI is InChI=1S/C14H24ClN3/c1-6-14(3,4)18(5)13-9-8-11(15)12(17-13)10-16-7-2/h8-9,16H,6-7,10H2,1-5H3. The molecule has 0 atom stereocenters. The Morgan fingerprint density at radius 3 is 2.56 bits per heavy atom. The van der Waals surface area contributed by atoms with Crippen LogP contribution >= 0.6 is 11.6 Å². The minimum atomic E-state index is 0.0935. The van der Waals surface area contributed by atoms with Gasteiger partial charge in [0.2, 0.25) is 0 Å². The molecule has 1 rings (SSSR count). The minimum Gasteiger partial charge on any atom is -0.355 e. The second-order valence-electron chi connectivity index (χ2n) is 5.10. The van der Waals surface area contributed by atoms with Gasteiger partial charge in [0.15, 0.2) is 0 Å². The topological polar surface area (TPSA) is 28.2 Å². The first kappa shape index (κ1) is 15.3. The Labute approximate surface area is 116 Å². The fourth-order valence-corrected chi connectivity index (χ4v) is 1.75. The summed E-state index contributed by atoms with van der Waals surface area (Å²) in [7, 11) is 2.08. The average Bonchev–Trinajstić information content (AvgIpc) is 2.37. The molecule has 0 amide bonds. The quantitative estimate of drug-likeness (QED) is 0.857. The van der Waals surface area contributed by atoms with Gasteiger partial charge >= 0.3 is 0 Å². The summed E-state index contributed by atoms with van der Waals surface area (Å²) < 4.78 is 0. The lowest BCUT2D eigenvalue weighted by molar-refractivity contribution is 0.466. The second-order valence-corrected chi connectivity index (χ2v) is 5.51. The molecule has 0 aliphatic carbocycles. The van der Waals surface area contributed by atoms with E-state index in [1.54, 1.807) is 0 Å². The van der Waals surface area contributed by atoms with Gasteiger partial charge in [-0.1, -0.05) is 25.4 Å². The largest absolute Gasteiger partial charge is 0.355 e. The molecule has 18 heavy (non-hydrogen) atoms. The van der Waals surface area contributed by atoms with E-state index in [1.807, 2.05) is 12.1 Å². The third-order valence-corrected chi connectivity index (χ3v) is 3.91. The van der Waals surface area contributed by atoms with E-state index in [0.29, 0.717) is 6.54 Å². The van der Waals surface area contributed by atoms with Crippen LogP contribution in [0.3, 0.4) is 0 Å². The van der Waals surface area contributed by atoms with Crippen LogP contribution in [0.2, 0.25) is 5.02 Å². The van der Waals surface area contributed by atoms with Gasteiger partial charge in [0.1, 0.15) is 5.82 Å². The van der Waals surface area contributed by atoms with Crippen molar-refractivity contribution in [3.05, 3.63) is 22.8 Å². The summed E-state index contributed by atoms with van der Waals surface area (Å²) in [6.45, 7) is 10.3. The number of nitrogens with zero attached hydrogens (tertiary/aromatic N) is 2. The zero-order chi connectivity index (χ0) is 13.8. The molecule has 1 aromatic rings. The molecule has 0 saturated carbocycles. The predicted molar refractivity (Wildman–Crippen MR) is 79.4 cm³/mol. The van der Waals surface area contributed by atoms with Gasteiger partial charge in [0.05, 0.1) is 10.7 Å². The molecule has 1 N–H and O–H groups in total. The number of hydrogen-bond acceptors (Lipinski definition) is 3. The Hall–Kier alpha value is -0.800. The highest BCUT2D eigenvalue weighted by Gasteiger charge is 2.22. The Bertz CT molecular complexity index is 391. The number of hydrogen-bond donors (Lipinski definition) is 1. The van der Waals surface area contributed by atoms with E-state index in [-0.39, 0.29) is 5.54 Å². The van der Waals surface area contributed by atoms with Crippen molar-refractivity contribution in [1.82, 2.24) is 10.3 Å². The van der Waals surface area contributed by atoms with Crippen LogP contribution < -0.4 is 10.2 Å². The van der Waals surface area contributed by atoms with Gasteiger partial charge < -0.3 is 10.2 Å². The van der Waals surface area contributed by atoms with Crippen LogP contribution in [0, 0.1) is 0 Å². The summed E-state index contributed by atoms with van der Waals surface area (Å²) in [6.07, 6.45) is 1.07. The smallest absolute Gasteiger partial charge is 0.129 e. The molecule has 1 aromatic heterocycles. The Morgan fingerprint density at radius 2 is 2.00 bits per heavy atom. The maximum atomic E-state index is 6.16. The van der Waals surface area contributed by atoms with Crippen LogP contribution in [0.1, 0.15) is 39.8 Å². The Balaban J connectivity index is 2.97. The first-order chi connectivity index (χ1) is 8.42. The zero-order valence-corrected chi connectivity index (χ0v) is 12.8. The number of anilines is 1. The summed E-state index contributed by atoms with van der Waals surface area (Å²) >= 11 is 6.16. The number of pyridine rings is 1. The molecule has 0 radical (unpaired) electrons. The molecule has 102 valence electrons. The fourth-order valence-electron chi connectivity index (χ4n) is 1.57. The summed E-state index contributed by atoms with van der Waals surface area (Å²) in [5.41, 5.74) is 1.01. The van der Waals surface area contributed by atoms with E-state index in [9.17, 15) is 0 Å². The van der Waals surface area contributed by atoms with Crippen molar-refractivity contribution in [3.8, 4) is 0 Å². The van der Waals surface area contributed by atoms with Crippen molar-refractivity contribution in [2.24, 2.45) is 0 Å². The Morgan fingerprint density at radius 1 is 1.33 bits per heavy atom. The molecule has 0 fully saturated rings. The van der Waals surface area contributed by atoms with E-state index < -0.39 is 0 Å². The van der Waals surface area contributed by atoms with E-state index in [2.05, 4.69) is 49.9 Å². The van der Waals surface area contributed by atoms with Crippen molar-refractivity contribution in [2.45, 2.75) is 46.2 Å². The highest BCUT2D eigenvalue weighted by molar-refractivity contribution is 6.31. The van der Waals surface area contributed by atoms with Crippen LogP contribution in [0.4, 0.5) is 5.82 Å². The van der Waals surface area contributed by atoms with Crippen LogP contribution in [0.25, 0.3) is 0 Å². The summed E-state index contributed by atoms with van der Waals surface area (Å²) in [5.74, 6) is 0.971. The van der Waals surface area contributed by atoms with Crippen molar-refractivity contribution >= 4 is 17.4 Å². The van der Waals surface area contributed by atoms with Crippen LogP contribution in [0.15, 0.2) is 12.1 Å². The number of rotatable bonds is 6. The van der Waals surface area contributed by atoms with Gasteiger partial charge in [0.25, 0.3) is 0 Å². The van der Waals surface area contributed by atoms with E-state index >= 15 is 0 Å². The molecule has 0 saturated heterocycles. The lowest BCUT2D eigenvalue weighted by Crippen LogP contribution is -2.41. The van der Waals surface area contributed by atoms with Crippen LogP contribution in [0.5, 0.6) is 0 Å². The van der Waals surface area contributed by atoms with Gasteiger partial charge in [-0.2, -0.15) is 0 Å². The number of nitrogens with one attached hydrogen (secondary N) is 1. The maximum absolute atomic E-state index is 6.16. The first-order valence-corrected chi connectivity index (χ1v) is 6.90. The molecule has 0 aromatic carbocycles. The monoisotopic (exact) mass is 269 g/mol. The van der Waals surface area contributed by atoms with Gasteiger partial charge in [0, 0.05) is 19.1 Å². The molecule has 3 nitrogen and oxygen atoms in total. The molecule has 0 unspecified atom stereocenters. The minimum absolute atomic E-state index is 0.0935. The highest BCUT2D eigenvalue weighted by atomic mass is 35.5. The van der Waals surface area contributed by atoms with Gasteiger partial charge in [-0.15, -0.1) is 0 Å². The zero-order valence-electron chi connectivity index (χ0n) is 12.0. The third-order valence-electron chi connectivity index (χ3n) is 3.56. The molecule has 0 aliphatic rings. The van der Waals surface area contributed by atoms with E-state index in [1.165, 1.54) is 0 Å². The first-order valence-electron chi connectivity index (χ1n) is 6.52. The molecular weight excluding hydrogens is 246 g/mol. The SMILES string of the molecule is CCNCc1nc(N(C)C(C)(C)CC)ccc1Cl. The van der Waals surface area contributed by atoms with Gasteiger partial charge in [-0.3, -0.25) is 0 Å². The van der Waals surface area contributed by atoms with Crippen molar-refractivity contribution < 1.29 is 0 Å². The second kappa shape index (κ2) is 6.39. The molecule has 1 heterocycles. The summed E-state index contributed by atoms with van der Waals surface area (Å²) in [6, 6.07) is 3.91. The predicted octanol–water partition coefficient (Wildman–Crippen LogP) is 3.47. The van der Waals surface area contributed by atoms with Gasteiger partial charge in [-0.25, -0.2) is 4.98 Å².